The molecule has 1 amide bonds. The molecule has 3 heterocycles. The molecule has 1 N–H and O–H groups in total. The number of hydrogen-bond acceptors (Lipinski definition) is 5. The quantitative estimate of drug-likeness (QED) is 0.826. The van der Waals surface area contributed by atoms with Crippen LogP contribution in [-0.2, 0) is 4.79 Å². The van der Waals surface area contributed by atoms with Gasteiger partial charge in [-0.2, -0.15) is 0 Å². The second-order valence-electron chi connectivity index (χ2n) is 6.59. The highest BCUT2D eigenvalue weighted by atomic mass is 16.4. The Labute approximate surface area is 141 Å². The summed E-state index contributed by atoms with van der Waals surface area (Å²) in [6.45, 7) is 6.60. The molecule has 0 unspecified atom stereocenters. The van der Waals surface area contributed by atoms with Crippen LogP contribution in [0.1, 0.15) is 23.3 Å². The third kappa shape index (κ3) is 2.91. The fourth-order valence-corrected chi connectivity index (χ4v) is 3.96. The number of carbonyl (C=O) groups excluding carboxylic acids is 1. The second kappa shape index (κ2) is 6.68. The fourth-order valence-electron chi connectivity index (χ4n) is 3.96. The van der Waals surface area contributed by atoms with Crippen LogP contribution in [0.25, 0.3) is 0 Å². The summed E-state index contributed by atoms with van der Waals surface area (Å²) in [5, 5.41) is 9.87. The monoisotopic (exact) mass is 330 g/mol. The highest BCUT2D eigenvalue weighted by molar-refractivity contribution is 5.92. The summed E-state index contributed by atoms with van der Waals surface area (Å²) in [5.41, 5.74) is -0.471. The Hall–Kier alpha value is -2.28. The zero-order chi connectivity index (χ0) is 17.2. The van der Waals surface area contributed by atoms with Crippen molar-refractivity contribution >= 4 is 11.9 Å². The molecule has 128 valence electrons. The Morgan fingerprint density at radius 2 is 2.25 bits per heavy atom. The minimum Gasteiger partial charge on any atom is -0.481 e. The van der Waals surface area contributed by atoms with E-state index in [1.54, 1.807) is 11.0 Å². The van der Waals surface area contributed by atoms with Gasteiger partial charge in [-0.25, -0.2) is 4.98 Å². The first-order chi connectivity index (χ1) is 11.6. The number of carboxylic acids is 1. The lowest BCUT2D eigenvalue weighted by Crippen LogP contribution is -2.42. The molecule has 7 nitrogen and oxygen atoms in total. The van der Waals surface area contributed by atoms with Crippen LogP contribution in [0.3, 0.4) is 0 Å². The maximum Gasteiger partial charge on any atom is 0.311 e. The van der Waals surface area contributed by atoms with E-state index in [0.29, 0.717) is 51.3 Å². The number of aliphatic carboxylic acids is 1. The third-order valence-electron chi connectivity index (χ3n) is 5.14. The molecule has 2 aliphatic heterocycles. The van der Waals surface area contributed by atoms with E-state index >= 15 is 0 Å². The number of amides is 1. The lowest BCUT2D eigenvalue weighted by atomic mass is 9.75. The van der Waals surface area contributed by atoms with E-state index in [-0.39, 0.29) is 11.8 Å². The van der Waals surface area contributed by atoms with E-state index in [4.69, 9.17) is 0 Å². The maximum absolute atomic E-state index is 12.7. The van der Waals surface area contributed by atoms with E-state index in [2.05, 4.69) is 21.4 Å². The van der Waals surface area contributed by atoms with Crippen molar-refractivity contribution in [2.45, 2.75) is 12.8 Å². The molecule has 3 rings (SSSR count). The van der Waals surface area contributed by atoms with Crippen LogP contribution in [0.4, 0.5) is 0 Å². The van der Waals surface area contributed by atoms with E-state index in [0.717, 1.165) is 0 Å². The Balaban J connectivity index is 1.82. The van der Waals surface area contributed by atoms with Crippen LogP contribution in [0.5, 0.6) is 0 Å². The van der Waals surface area contributed by atoms with Gasteiger partial charge in [-0.15, -0.1) is 6.58 Å². The lowest BCUT2D eigenvalue weighted by Gasteiger charge is -2.29. The first-order valence-electron chi connectivity index (χ1n) is 8.19. The van der Waals surface area contributed by atoms with Crippen LogP contribution in [0.15, 0.2) is 31.2 Å². The van der Waals surface area contributed by atoms with Crippen LogP contribution in [0.2, 0.25) is 0 Å². The highest BCUT2D eigenvalue weighted by Crippen LogP contribution is 2.43. The van der Waals surface area contributed by atoms with Crippen molar-refractivity contribution in [1.29, 1.82) is 0 Å². The standard InChI is InChI=1S/C17H22N4O3/c1-2-7-20-10-13-11-21(15(22)14-9-18-5-6-19-14)8-3-4-17(13,12-20)16(23)24/h2,5-6,9,13H,1,3-4,7-8,10-12H2,(H,23,24)/t13-,17+/m0/s1. The van der Waals surface area contributed by atoms with Gasteiger partial charge in [0, 0.05) is 51.0 Å². The molecule has 0 radical (unpaired) electrons. The smallest absolute Gasteiger partial charge is 0.311 e. The summed E-state index contributed by atoms with van der Waals surface area (Å²) >= 11 is 0. The minimum atomic E-state index is -0.777. The summed E-state index contributed by atoms with van der Waals surface area (Å²) in [4.78, 5) is 36.6. The Morgan fingerprint density at radius 1 is 1.42 bits per heavy atom. The molecule has 0 aromatic carbocycles. The lowest BCUT2D eigenvalue weighted by molar-refractivity contribution is -0.150. The average Bonchev–Trinajstić information content (AvgIpc) is 2.82. The zero-order valence-corrected chi connectivity index (χ0v) is 13.6. The molecule has 1 aromatic rings. The average molecular weight is 330 g/mol. The molecule has 0 spiro atoms. The van der Waals surface area contributed by atoms with Gasteiger partial charge in [0.1, 0.15) is 5.69 Å². The van der Waals surface area contributed by atoms with Crippen LogP contribution in [-0.4, -0.2) is 69.5 Å². The minimum absolute atomic E-state index is 0.0851. The summed E-state index contributed by atoms with van der Waals surface area (Å²) in [7, 11) is 0. The molecule has 0 aliphatic carbocycles. The molecule has 1 aromatic heterocycles. The van der Waals surface area contributed by atoms with Gasteiger partial charge in [-0.3, -0.25) is 19.5 Å². The first kappa shape index (κ1) is 16.6. The maximum atomic E-state index is 12.7. The van der Waals surface area contributed by atoms with Gasteiger partial charge >= 0.3 is 5.97 Å². The summed E-state index contributed by atoms with van der Waals surface area (Å²) in [6.07, 6.45) is 7.54. The predicted molar refractivity (Wildman–Crippen MR) is 87.4 cm³/mol. The Morgan fingerprint density at radius 3 is 2.92 bits per heavy atom. The van der Waals surface area contributed by atoms with Gasteiger partial charge in [0.15, 0.2) is 0 Å². The SMILES string of the molecule is C=CCN1C[C@H]2CN(C(=O)c3cnccn3)CCC[C@@]2(C(=O)O)C1. The number of carbonyl (C=O) groups is 2. The van der Waals surface area contributed by atoms with Gasteiger partial charge in [0.25, 0.3) is 5.91 Å². The summed E-state index contributed by atoms with van der Waals surface area (Å²) in [6, 6.07) is 0. The molecule has 2 saturated heterocycles. The van der Waals surface area contributed by atoms with Gasteiger partial charge in [-0.05, 0) is 12.8 Å². The van der Waals surface area contributed by atoms with E-state index in [1.165, 1.54) is 18.6 Å². The first-order valence-corrected chi connectivity index (χ1v) is 8.19. The highest BCUT2D eigenvalue weighted by Gasteiger charge is 2.53. The normalized spacial score (nSPS) is 27.3. The molecule has 24 heavy (non-hydrogen) atoms. The van der Waals surface area contributed by atoms with Gasteiger partial charge in [0.2, 0.25) is 0 Å². The molecular formula is C17H22N4O3. The Bertz CT molecular complexity index is 636. The van der Waals surface area contributed by atoms with Crippen molar-refractivity contribution in [3.05, 3.63) is 36.9 Å². The van der Waals surface area contributed by atoms with E-state index in [9.17, 15) is 14.7 Å². The predicted octanol–water partition coefficient (Wildman–Crippen LogP) is 0.901. The topological polar surface area (TPSA) is 86.6 Å². The van der Waals surface area contributed by atoms with Crippen molar-refractivity contribution in [1.82, 2.24) is 19.8 Å². The van der Waals surface area contributed by atoms with Crippen molar-refractivity contribution in [2.24, 2.45) is 11.3 Å². The molecule has 0 saturated carbocycles. The number of rotatable bonds is 4. The number of carboxylic acid groups (broad SMARTS) is 1. The van der Waals surface area contributed by atoms with Crippen molar-refractivity contribution in [3.8, 4) is 0 Å². The van der Waals surface area contributed by atoms with Gasteiger partial charge in [-0.1, -0.05) is 6.08 Å². The second-order valence-corrected chi connectivity index (χ2v) is 6.59. The molecular weight excluding hydrogens is 308 g/mol. The number of nitrogens with zero attached hydrogens (tertiary/aromatic N) is 4. The molecule has 7 heteroatoms. The van der Waals surface area contributed by atoms with Crippen molar-refractivity contribution in [3.63, 3.8) is 0 Å². The van der Waals surface area contributed by atoms with Crippen LogP contribution in [0, 0.1) is 11.3 Å². The molecule has 2 atom stereocenters. The Kier molecular flexibility index (Phi) is 4.62. The summed E-state index contributed by atoms with van der Waals surface area (Å²) in [5.74, 6) is -1.02. The van der Waals surface area contributed by atoms with Crippen molar-refractivity contribution in [2.75, 3.05) is 32.7 Å². The number of hydrogen-bond donors (Lipinski definition) is 1. The molecule has 2 aliphatic rings. The number of fused-ring (bicyclic) bond motifs is 1. The number of aromatic nitrogens is 2. The van der Waals surface area contributed by atoms with Gasteiger partial charge < -0.3 is 10.0 Å². The van der Waals surface area contributed by atoms with Crippen LogP contribution < -0.4 is 0 Å². The fraction of sp³-hybridized carbons (Fsp3) is 0.529. The molecule has 0 bridgehead atoms. The van der Waals surface area contributed by atoms with Gasteiger partial charge in [0.05, 0.1) is 11.6 Å². The zero-order valence-electron chi connectivity index (χ0n) is 13.6. The summed E-state index contributed by atoms with van der Waals surface area (Å²) < 4.78 is 0. The van der Waals surface area contributed by atoms with E-state index < -0.39 is 11.4 Å². The van der Waals surface area contributed by atoms with E-state index in [1.807, 2.05) is 0 Å². The van der Waals surface area contributed by atoms with Crippen molar-refractivity contribution < 1.29 is 14.7 Å². The molecule has 2 fully saturated rings. The third-order valence-corrected chi connectivity index (χ3v) is 5.14. The largest absolute Gasteiger partial charge is 0.481 e. The number of likely N-dealkylation sites (tertiary alicyclic amines) is 2. The van der Waals surface area contributed by atoms with Crippen LogP contribution >= 0.6 is 0 Å².